The highest BCUT2D eigenvalue weighted by molar-refractivity contribution is 7.13. The number of amides is 1. The summed E-state index contributed by atoms with van der Waals surface area (Å²) in [5.74, 6) is 0.170. The average molecular weight is 296 g/mol. The van der Waals surface area contributed by atoms with E-state index in [-0.39, 0.29) is 11.8 Å². The molecule has 3 rings (SSSR count). The van der Waals surface area contributed by atoms with Crippen molar-refractivity contribution in [1.82, 2.24) is 15.2 Å². The predicted octanol–water partition coefficient (Wildman–Crippen LogP) is 0.523. The Hall–Kier alpha value is -1.02. The van der Waals surface area contributed by atoms with Crippen LogP contribution in [0.3, 0.4) is 0 Å². The summed E-state index contributed by atoms with van der Waals surface area (Å²) >= 11 is 1.50. The van der Waals surface area contributed by atoms with Crippen molar-refractivity contribution in [2.24, 2.45) is 5.92 Å². The Balaban J connectivity index is 1.52. The highest BCUT2D eigenvalue weighted by Crippen LogP contribution is 2.19. The van der Waals surface area contributed by atoms with E-state index in [0.717, 1.165) is 58.1 Å². The fourth-order valence-electron chi connectivity index (χ4n) is 2.51. The van der Waals surface area contributed by atoms with Crippen molar-refractivity contribution < 1.29 is 9.53 Å². The van der Waals surface area contributed by atoms with Gasteiger partial charge in [-0.05, 0) is 13.0 Å². The van der Waals surface area contributed by atoms with Gasteiger partial charge in [-0.1, -0.05) is 0 Å². The van der Waals surface area contributed by atoms with Gasteiger partial charge >= 0.3 is 0 Å². The first-order valence-corrected chi connectivity index (χ1v) is 7.95. The molecule has 2 saturated heterocycles. The largest absolute Gasteiger partial charge is 0.379 e. The Morgan fingerprint density at radius 1 is 1.55 bits per heavy atom. The molecule has 0 aliphatic carbocycles. The van der Waals surface area contributed by atoms with Crippen LogP contribution in [0.15, 0.2) is 5.38 Å². The lowest BCUT2D eigenvalue weighted by Gasteiger charge is -2.25. The number of aromatic nitrogens is 1. The first kappa shape index (κ1) is 13.9. The molecule has 1 unspecified atom stereocenters. The zero-order valence-corrected chi connectivity index (χ0v) is 12.2. The lowest BCUT2D eigenvalue weighted by molar-refractivity contribution is -0.119. The van der Waals surface area contributed by atoms with Crippen LogP contribution in [0.2, 0.25) is 0 Å². The molecule has 7 heteroatoms. The zero-order valence-electron chi connectivity index (χ0n) is 11.4. The standard InChI is InChI=1S/C13H20N4O2S/c18-12(10-1-2-14-7-10)16-13-15-11(9-20-13)8-17-3-5-19-6-4-17/h9-10,14H,1-8H2,(H,15,16,18). The van der Waals surface area contributed by atoms with Crippen LogP contribution in [0.25, 0.3) is 0 Å². The maximum absolute atomic E-state index is 12.0. The minimum atomic E-state index is 0.0848. The van der Waals surface area contributed by atoms with Crippen molar-refractivity contribution in [3.63, 3.8) is 0 Å². The van der Waals surface area contributed by atoms with E-state index in [2.05, 4.69) is 20.5 Å². The van der Waals surface area contributed by atoms with Gasteiger partial charge in [-0.2, -0.15) is 0 Å². The molecule has 2 N–H and O–H groups in total. The molecular weight excluding hydrogens is 276 g/mol. The van der Waals surface area contributed by atoms with E-state index in [1.165, 1.54) is 11.3 Å². The lowest BCUT2D eigenvalue weighted by atomic mass is 10.1. The fraction of sp³-hybridized carbons (Fsp3) is 0.692. The molecule has 0 bridgehead atoms. The number of ether oxygens (including phenoxy) is 1. The van der Waals surface area contributed by atoms with Crippen LogP contribution in [0.5, 0.6) is 0 Å². The van der Waals surface area contributed by atoms with Crippen LogP contribution in [0, 0.1) is 5.92 Å². The number of thiazole rings is 1. The topological polar surface area (TPSA) is 66.5 Å². The Morgan fingerprint density at radius 3 is 3.15 bits per heavy atom. The SMILES string of the molecule is O=C(Nc1nc(CN2CCOCC2)cs1)C1CCNC1. The first-order valence-electron chi connectivity index (χ1n) is 7.07. The minimum absolute atomic E-state index is 0.0848. The van der Waals surface area contributed by atoms with Gasteiger partial charge in [0.1, 0.15) is 0 Å². The van der Waals surface area contributed by atoms with E-state index in [4.69, 9.17) is 4.74 Å². The van der Waals surface area contributed by atoms with E-state index in [1.807, 2.05) is 5.38 Å². The second-order valence-electron chi connectivity index (χ2n) is 5.21. The Kier molecular flexibility index (Phi) is 4.62. The number of hydrogen-bond donors (Lipinski definition) is 2. The van der Waals surface area contributed by atoms with Gasteiger partial charge in [0, 0.05) is 31.6 Å². The van der Waals surface area contributed by atoms with Gasteiger partial charge in [-0.3, -0.25) is 9.69 Å². The van der Waals surface area contributed by atoms with Gasteiger partial charge in [0.05, 0.1) is 24.8 Å². The van der Waals surface area contributed by atoms with E-state index in [1.54, 1.807) is 0 Å². The number of nitrogens with one attached hydrogen (secondary N) is 2. The molecule has 1 amide bonds. The molecule has 20 heavy (non-hydrogen) atoms. The van der Waals surface area contributed by atoms with Gasteiger partial charge in [0.2, 0.25) is 5.91 Å². The van der Waals surface area contributed by atoms with Crippen LogP contribution >= 0.6 is 11.3 Å². The molecule has 0 spiro atoms. The number of carbonyl (C=O) groups excluding carboxylic acids is 1. The third-order valence-electron chi connectivity index (χ3n) is 3.70. The molecule has 3 heterocycles. The predicted molar refractivity (Wildman–Crippen MR) is 77.8 cm³/mol. The van der Waals surface area contributed by atoms with Crippen LogP contribution in [0.1, 0.15) is 12.1 Å². The van der Waals surface area contributed by atoms with Gasteiger partial charge in [0.25, 0.3) is 0 Å². The summed E-state index contributed by atoms with van der Waals surface area (Å²) in [4.78, 5) is 18.8. The smallest absolute Gasteiger partial charge is 0.230 e. The number of hydrogen-bond acceptors (Lipinski definition) is 6. The average Bonchev–Trinajstić information content (AvgIpc) is 3.11. The highest BCUT2D eigenvalue weighted by Gasteiger charge is 2.23. The molecule has 1 atom stereocenters. The van der Waals surface area contributed by atoms with Gasteiger partial charge < -0.3 is 15.4 Å². The lowest BCUT2D eigenvalue weighted by Crippen LogP contribution is -2.35. The van der Waals surface area contributed by atoms with Crippen LogP contribution in [0.4, 0.5) is 5.13 Å². The van der Waals surface area contributed by atoms with Gasteiger partial charge in [0.15, 0.2) is 5.13 Å². The van der Waals surface area contributed by atoms with Crippen molar-refractivity contribution in [3.05, 3.63) is 11.1 Å². The summed E-state index contributed by atoms with van der Waals surface area (Å²) in [5.41, 5.74) is 1.02. The third kappa shape index (κ3) is 3.54. The Bertz CT molecular complexity index is 453. The number of carbonyl (C=O) groups is 1. The molecular formula is C13H20N4O2S. The monoisotopic (exact) mass is 296 g/mol. The van der Waals surface area contributed by atoms with E-state index < -0.39 is 0 Å². The van der Waals surface area contributed by atoms with Crippen molar-refractivity contribution in [2.75, 3.05) is 44.7 Å². The van der Waals surface area contributed by atoms with Crippen molar-refractivity contribution in [1.29, 1.82) is 0 Å². The maximum Gasteiger partial charge on any atom is 0.230 e. The molecule has 0 saturated carbocycles. The van der Waals surface area contributed by atoms with Crippen molar-refractivity contribution in [2.45, 2.75) is 13.0 Å². The fourth-order valence-corrected chi connectivity index (χ4v) is 3.22. The van der Waals surface area contributed by atoms with Gasteiger partial charge in [-0.15, -0.1) is 11.3 Å². The molecule has 1 aromatic rings. The first-order chi connectivity index (χ1) is 9.81. The second-order valence-corrected chi connectivity index (χ2v) is 6.07. The summed E-state index contributed by atoms with van der Waals surface area (Å²) in [6.07, 6.45) is 0.915. The number of rotatable bonds is 4. The Morgan fingerprint density at radius 2 is 2.40 bits per heavy atom. The summed E-state index contributed by atoms with van der Waals surface area (Å²) in [6, 6.07) is 0. The summed E-state index contributed by atoms with van der Waals surface area (Å²) in [6.45, 7) is 6.03. The quantitative estimate of drug-likeness (QED) is 0.848. The highest BCUT2D eigenvalue weighted by atomic mass is 32.1. The summed E-state index contributed by atoms with van der Waals surface area (Å²) < 4.78 is 5.33. The molecule has 110 valence electrons. The van der Waals surface area contributed by atoms with Crippen molar-refractivity contribution in [3.8, 4) is 0 Å². The number of nitrogens with zero attached hydrogens (tertiary/aromatic N) is 2. The summed E-state index contributed by atoms with van der Waals surface area (Å²) in [5, 5.41) is 8.87. The maximum atomic E-state index is 12.0. The number of anilines is 1. The zero-order chi connectivity index (χ0) is 13.8. The molecule has 1 aromatic heterocycles. The number of morpholine rings is 1. The van der Waals surface area contributed by atoms with Crippen LogP contribution in [-0.4, -0.2) is 55.2 Å². The molecule has 2 fully saturated rings. The molecule has 2 aliphatic heterocycles. The molecule has 0 radical (unpaired) electrons. The van der Waals surface area contributed by atoms with Crippen LogP contribution < -0.4 is 10.6 Å². The van der Waals surface area contributed by atoms with Gasteiger partial charge in [-0.25, -0.2) is 4.98 Å². The second kappa shape index (κ2) is 6.62. The third-order valence-corrected chi connectivity index (χ3v) is 4.51. The molecule has 0 aromatic carbocycles. The van der Waals surface area contributed by atoms with Crippen molar-refractivity contribution >= 4 is 22.4 Å². The molecule has 2 aliphatic rings. The molecule has 6 nitrogen and oxygen atoms in total. The normalized spacial score (nSPS) is 23.9. The minimum Gasteiger partial charge on any atom is -0.379 e. The summed E-state index contributed by atoms with van der Waals surface area (Å²) in [7, 11) is 0. The Labute approximate surface area is 122 Å². The van der Waals surface area contributed by atoms with E-state index in [0.29, 0.717) is 5.13 Å². The van der Waals surface area contributed by atoms with E-state index >= 15 is 0 Å². The van der Waals surface area contributed by atoms with Crippen LogP contribution in [-0.2, 0) is 16.1 Å². The van der Waals surface area contributed by atoms with E-state index in [9.17, 15) is 4.79 Å².